The lowest BCUT2D eigenvalue weighted by atomic mass is 9.98. The van der Waals surface area contributed by atoms with Crippen LogP contribution in [0, 0.1) is 5.92 Å². The van der Waals surface area contributed by atoms with Crippen molar-refractivity contribution >= 4 is 18.0 Å². The number of amides is 2. The summed E-state index contributed by atoms with van der Waals surface area (Å²) in [5, 5.41) is 11.7. The molecule has 2 atom stereocenters. The molecule has 0 saturated heterocycles. The minimum absolute atomic E-state index is 0.0359. The number of benzene rings is 2. The number of alkyl carbamates (subject to hydrolysis) is 1. The maximum Gasteiger partial charge on any atom is 0.407 e. The fourth-order valence-corrected chi connectivity index (χ4v) is 4.02. The van der Waals surface area contributed by atoms with E-state index in [1.54, 1.807) is 0 Å². The van der Waals surface area contributed by atoms with Gasteiger partial charge in [0.25, 0.3) is 0 Å². The highest BCUT2D eigenvalue weighted by Crippen LogP contribution is 2.44. The summed E-state index contributed by atoms with van der Waals surface area (Å²) < 4.78 is 5.52. The summed E-state index contributed by atoms with van der Waals surface area (Å²) >= 11 is 0. The van der Waals surface area contributed by atoms with Crippen LogP contribution in [0.3, 0.4) is 0 Å². The van der Waals surface area contributed by atoms with Gasteiger partial charge >= 0.3 is 12.1 Å². The van der Waals surface area contributed by atoms with E-state index in [1.165, 1.54) is 24.9 Å². The maximum absolute atomic E-state index is 12.7. The first-order valence-corrected chi connectivity index (χ1v) is 10.5. The van der Waals surface area contributed by atoms with Gasteiger partial charge in [0.05, 0.1) is 5.92 Å². The number of hydrogen-bond donors (Lipinski definition) is 2. The minimum atomic E-state index is -0.991. The number of likely N-dealkylation sites (N-methyl/N-ethyl adjacent to an activating group) is 1. The fraction of sp³-hybridized carbons (Fsp3) is 0.320. The number of carbonyl (C=O) groups is 3. The van der Waals surface area contributed by atoms with E-state index in [-0.39, 0.29) is 25.5 Å². The van der Waals surface area contributed by atoms with Gasteiger partial charge in [0.2, 0.25) is 5.91 Å². The molecule has 2 unspecified atom stereocenters. The van der Waals surface area contributed by atoms with E-state index < -0.39 is 29.9 Å². The van der Waals surface area contributed by atoms with Crippen molar-refractivity contribution in [2.24, 2.45) is 5.92 Å². The highest BCUT2D eigenvalue weighted by molar-refractivity contribution is 5.86. The molecule has 3 rings (SSSR count). The topological polar surface area (TPSA) is 95.9 Å². The molecule has 0 aliphatic heterocycles. The summed E-state index contributed by atoms with van der Waals surface area (Å²) in [6.07, 6.45) is 1.03. The van der Waals surface area contributed by atoms with Crippen molar-refractivity contribution in [1.82, 2.24) is 10.2 Å². The summed E-state index contributed by atoms with van der Waals surface area (Å²) in [4.78, 5) is 37.6. The lowest BCUT2D eigenvalue weighted by Crippen LogP contribution is -2.48. The third-order valence-corrected chi connectivity index (χ3v) is 5.68. The Morgan fingerprint density at radius 2 is 1.69 bits per heavy atom. The quantitative estimate of drug-likeness (QED) is 0.585. The Hall–Kier alpha value is -3.61. The molecule has 168 valence electrons. The number of rotatable bonds is 9. The molecule has 0 spiro atoms. The van der Waals surface area contributed by atoms with Gasteiger partial charge in [-0.05, 0) is 28.7 Å². The fourth-order valence-electron chi connectivity index (χ4n) is 4.02. The Labute approximate surface area is 187 Å². The number of carboxylic acids is 1. The van der Waals surface area contributed by atoms with Gasteiger partial charge in [-0.3, -0.25) is 9.59 Å². The van der Waals surface area contributed by atoms with Gasteiger partial charge in [0.1, 0.15) is 12.6 Å². The first-order valence-electron chi connectivity index (χ1n) is 10.5. The zero-order chi connectivity index (χ0) is 23.3. The van der Waals surface area contributed by atoms with Gasteiger partial charge in [-0.25, -0.2) is 4.79 Å². The molecule has 2 aromatic rings. The number of ether oxygens (including phenoxy) is 1. The first kappa shape index (κ1) is 23.1. The zero-order valence-electron chi connectivity index (χ0n) is 18.3. The Morgan fingerprint density at radius 3 is 2.22 bits per heavy atom. The number of nitrogens with zero attached hydrogens (tertiary/aromatic N) is 1. The molecule has 7 heteroatoms. The molecule has 32 heavy (non-hydrogen) atoms. The molecule has 0 bridgehead atoms. The lowest BCUT2D eigenvalue weighted by molar-refractivity contribution is -0.143. The van der Waals surface area contributed by atoms with Crippen molar-refractivity contribution in [1.29, 1.82) is 0 Å². The Morgan fingerprint density at radius 1 is 1.12 bits per heavy atom. The zero-order valence-corrected chi connectivity index (χ0v) is 18.3. The molecule has 1 aliphatic rings. The van der Waals surface area contributed by atoms with Crippen LogP contribution in [0.5, 0.6) is 0 Å². The second-order valence-corrected chi connectivity index (χ2v) is 8.00. The highest BCUT2D eigenvalue weighted by Gasteiger charge is 2.30. The number of fused-ring (bicyclic) bond motifs is 3. The molecule has 7 nitrogen and oxygen atoms in total. The lowest BCUT2D eigenvalue weighted by Gasteiger charge is -2.25. The third-order valence-electron chi connectivity index (χ3n) is 5.68. The van der Waals surface area contributed by atoms with Crippen LogP contribution in [0.25, 0.3) is 11.1 Å². The van der Waals surface area contributed by atoms with E-state index in [0.717, 1.165) is 22.3 Å². The van der Waals surface area contributed by atoms with Gasteiger partial charge in [0.15, 0.2) is 0 Å². The predicted octanol–water partition coefficient (Wildman–Crippen LogP) is 3.65. The van der Waals surface area contributed by atoms with Crippen LogP contribution in [0.4, 0.5) is 4.79 Å². The monoisotopic (exact) mass is 436 g/mol. The van der Waals surface area contributed by atoms with Crippen LogP contribution in [0.1, 0.15) is 30.4 Å². The summed E-state index contributed by atoms with van der Waals surface area (Å²) in [7, 11) is 1.51. The van der Waals surface area contributed by atoms with E-state index in [0.29, 0.717) is 0 Å². The Kier molecular flexibility index (Phi) is 7.30. The molecule has 0 radical (unpaired) electrons. The standard InChI is InChI=1S/C25H28N2O5/c1-4-9-22(23(28)27(3)14-16(2)24(29)30)26-25(31)32-15-21-19-12-7-5-10-17(19)18-11-6-8-13-20(18)21/h4-8,10-13,16,21-22H,1,9,14-15H2,2-3H3,(H,26,31)(H,29,30). The summed E-state index contributed by atoms with van der Waals surface area (Å²) in [5.41, 5.74) is 4.46. The average molecular weight is 437 g/mol. The molecular weight excluding hydrogens is 408 g/mol. The highest BCUT2D eigenvalue weighted by atomic mass is 16.5. The number of carbonyl (C=O) groups excluding carboxylic acids is 2. The van der Waals surface area contributed by atoms with E-state index in [1.807, 2.05) is 36.4 Å². The van der Waals surface area contributed by atoms with Gasteiger partial charge in [-0.15, -0.1) is 6.58 Å². The van der Waals surface area contributed by atoms with E-state index >= 15 is 0 Å². The van der Waals surface area contributed by atoms with Crippen molar-refractivity contribution < 1.29 is 24.2 Å². The van der Waals surface area contributed by atoms with E-state index in [4.69, 9.17) is 9.84 Å². The normalized spacial score (nSPS) is 13.9. The van der Waals surface area contributed by atoms with E-state index in [2.05, 4.69) is 24.0 Å². The average Bonchev–Trinajstić information content (AvgIpc) is 3.10. The van der Waals surface area contributed by atoms with Crippen LogP contribution in [0.2, 0.25) is 0 Å². The van der Waals surface area contributed by atoms with Crippen LogP contribution in [0.15, 0.2) is 61.2 Å². The molecule has 0 aromatic heterocycles. The summed E-state index contributed by atoms with van der Waals surface area (Å²) in [6.45, 7) is 5.34. The SMILES string of the molecule is C=CCC(NC(=O)OCC1c2ccccc2-c2ccccc21)C(=O)N(C)CC(C)C(=O)O. The minimum Gasteiger partial charge on any atom is -0.481 e. The Bertz CT molecular complexity index is 973. The van der Waals surface area contributed by atoms with Gasteiger partial charge in [-0.2, -0.15) is 0 Å². The molecule has 2 N–H and O–H groups in total. The predicted molar refractivity (Wildman–Crippen MR) is 121 cm³/mol. The smallest absolute Gasteiger partial charge is 0.407 e. The maximum atomic E-state index is 12.7. The first-order chi connectivity index (χ1) is 15.3. The van der Waals surface area contributed by atoms with E-state index in [9.17, 15) is 14.4 Å². The Balaban J connectivity index is 1.64. The second-order valence-electron chi connectivity index (χ2n) is 8.00. The van der Waals surface area contributed by atoms with Crippen molar-refractivity contribution in [3.05, 3.63) is 72.3 Å². The van der Waals surface area contributed by atoms with Crippen molar-refractivity contribution in [2.45, 2.75) is 25.3 Å². The molecule has 0 fully saturated rings. The van der Waals surface area contributed by atoms with Crippen LogP contribution in [-0.2, 0) is 14.3 Å². The molecular formula is C25H28N2O5. The van der Waals surface area contributed by atoms with Crippen molar-refractivity contribution in [3.63, 3.8) is 0 Å². The molecule has 0 heterocycles. The number of carboxylic acid groups (broad SMARTS) is 1. The van der Waals surface area contributed by atoms with Crippen molar-refractivity contribution in [3.8, 4) is 11.1 Å². The molecule has 1 aliphatic carbocycles. The summed E-state index contributed by atoms with van der Waals surface area (Å²) in [6, 6.07) is 15.2. The molecule has 2 amide bonds. The van der Waals surface area contributed by atoms with Gasteiger partial charge in [-0.1, -0.05) is 61.5 Å². The largest absolute Gasteiger partial charge is 0.481 e. The number of hydrogen-bond acceptors (Lipinski definition) is 4. The van der Waals surface area contributed by atoms with Crippen LogP contribution in [-0.4, -0.2) is 54.2 Å². The van der Waals surface area contributed by atoms with Crippen LogP contribution >= 0.6 is 0 Å². The third kappa shape index (κ3) is 4.99. The number of aliphatic carboxylic acids is 1. The van der Waals surface area contributed by atoms with Gasteiger partial charge in [0, 0.05) is 19.5 Å². The number of nitrogens with one attached hydrogen (secondary N) is 1. The second kappa shape index (κ2) is 10.1. The molecule has 0 saturated carbocycles. The van der Waals surface area contributed by atoms with Gasteiger partial charge < -0.3 is 20.1 Å². The van der Waals surface area contributed by atoms with Crippen LogP contribution < -0.4 is 5.32 Å². The molecule has 2 aromatic carbocycles. The summed E-state index contributed by atoms with van der Waals surface area (Å²) in [5.74, 6) is -2.19. The van der Waals surface area contributed by atoms with Crippen molar-refractivity contribution in [2.75, 3.05) is 20.2 Å².